The Morgan fingerprint density at radius 2 is 1.86 bits per heavy atom. The topological polar surface area (TPSA) is 180 Å². The molecule has 15 heteroatoms. The number of carbonyl (C=O) groups excluding carboxylic acids is 4. The highest BCUT2D eigenvalue weighted by atomic mass is 32.2. The Hall–Kier alpha value is -3.88. The number of hydrogen-bond donors (Lipinski definition) is 1. The Bertz CT molecular complexity index is 1810. The molecule has 278 valence electrons. The Morgan fingerprint density at radius 1 is 1.10 bits per heavy atom. The lowest BCUT2D eigenvalue weighted by atomic mass is 9.90. The van der Waals surface area contributed by atoms with E-state index in [1.54, 1.807) is 33.3 Å². The van der Waals surface area contributed by atoms with E-state index in [9.17, 15) is 27.6 Å². The van der Waals surface area contributed by atoms with Gasteiger partial charge in [-0.3, -0.25) is 23.9 Å². The second kappa shape index (κ2) is 14.3. The van der Waals surface area contributed by atoms with Gasteiger partial charge in [0, 0.05) is 24.8 Å². The number of nitrogens with one attached hydrogen (secondary N) is 1. The summed E-state index contributed by atoms with van der Waals surface area (Å²) in [5, 5.41) is -0.591. The molecule has 14 nitrogen and oxygen atoms in total. The number of rotatable bonds is 8. The summed E-state index contributed by atoms with van der Waals surface area (Å²) in [7, 11) is -3.84. The molecule has 0 aromatic carbocycles. The zero-order valence-corrected chi connectivity index (χ0v) is 31.0. The van der Waals surface area contributed by atoms with Crippen molar-refractivity contribution in [2.24, 2.45) is 17.3 Å². The number of ether oxygens (including phenoxy) is 2. The minimum Gasteiger partial charge on any atom is -0.460 e. The lowest BCUT2D eigenvalue weighted by molar-refractivity contribution is -0.159. The van der Waals surface area contributed by atoms with Gasteiger partial charge in [-0.2, -0.15) is 4.98 Å². The van der Waals surface area contributed by atoms with E-state index in [1.807, 2.05) is 30.6 Å². The SMILES string of the molecule is CC(C)n1cnc2cnc(O[C@@H]3C[C@H]4C(=O)C[C@]5(C(=O)NS(=O)(=O)C6CC6)C[C@H]5/C=C\CCCCC[C@H](CC(=O)OC(C)(C)C)C(=O)N4C3)nc21. The average Bonchev–Trinajstić information content (AvgIpc) is 3.93. The van der Waals surface area contributed by atoms with Gasteiger partial charge in [-0.15, -0.1) is 0 Å². The maximum Gasteiger partial charge on any atom is 0.318 e. The van der Waals surface area contributed by atoms with Gasteiger partial charge in [-0.05, 0) is 79.1 Å². The normalized spacial score (nSPS) is 28.4. The number of Topliss-reactive ketones (excluding diaryl/α,β-unsaturated/α-hetero) is 1. The van der Waals surface area contributed by atoms with E-state index in [2.05, 4.69) is 19.7 Å². The monoisotopic (exact) mass is 726 g/mol. The third-order valence-corrected chi connectivity index (χ3v) is 12.1. The fourth-order valence-electron chi connectivity index (χ4n) is 7.30. The average molecular weight is 727 g/mol. The van der Waals surface area contributed by atoms with Crippen LogP contribution in [0.25, 0.3) is 11.2 Å². The first kappa shape index (κ1) is 36.9. The molecule has 2 aliphatic carbocycles. The summed E-state index contributed by atoms with van der Waals surface area (Å²) in [5.41, 5.74) is -0.769. The molecule has 4 heterocycles. The minimum atomic E-state index is -3.84. The van der Waals surface area contributed by atoms with Crippen LogP contribution in [0.1, 0.15) is 111 Å². The van der Waals surface area contributed by atoms with Gasteiger partial charge in [0.2, 0.25) is 21.8 Å². The standard InChI is InChI=1S/C36H50N6O8S/c1-22(2)42-21-38-27-19-37-34(39-31(27)42)49-25-16-28-29(43)18-36(33(46)40-51(47,48)26-13-14-26)17-24(36)12-10-8-6-7-9-11-23(32(45)41(28)20-25)15-30(44)50-35(3,4)5/h10,12,19,21-26,28H,6-9,11,13-18,20H2,1-5H3,(H,40,46)/b12-10-/t23-,24-,25-,28+,36-/m1/s1. The number of nitrogens with zero attached hydrogens (tertiary/aromatic N) is 5. The van der Waals surface area contributed by atoms with Crippen molar-refractivity contribution in [3.63, 3.8) is 0 Å². The van der Waals surface area contributed by atoms with Crippen molar-refractivity contribution in [2.75, 3.05) is 6.54 Å². The smallest absolute Gasteiger partial charge is 0.318 e. The van der Waals surface area contributed by atoms with E-state index >= 15 is 0 Å². The number of aromatic nitrogens is 4. The van der Waals surface area contributed by atoms with Crippen LogP contribution in [-0.2, 0) is 33.9 Å². The predicted molar refractivity (Wildman–Crippen MR) is 187 cm³/mol. The van der Waals surface area contributed by atoms with Crippen molar-refractivity contribution in [3.8, 4) is 6.01 Å². The Balaban J connectivity index is 1.29. The number of ketones is 1. The summed E-state index contributed by atoms with van der Waals surface area (Å²) in [6, 6.07) is -0.795. The van der Waals surface area contributed by atoms with Gasteiger partial charge in [0.25, 0.3) is 0 Å². The number of hydrogen-bond acceptors (Lipinski definition) is 11. The number of fused-ring (bicyclic) bond motifs is 3. The molecule has 3 fully saturated rings. The van der Waals surface area contributed by atoms with E-state index in [4.69, 9.17) is 9.47 Å². The van der Waals surface area contributed by atoms with Gasteiger partial charge in [0.1, 0.15) is 17.2 Å². The summed E-state index contributed by atoms with van der Waals surface area (Å²) in [6.07, 6.45) is 11.1. The Kier molecular flexibility index (Phi) is 10.3. The number of sulfonamides is 1. The molecular formula is C36H50N6O8S. The van der Waals surface area contributed by atoms with Gasteiger partial charge in [0.15, 0.2) is 11.4 Å². The molecule has 4 aliphatic rings. The van der Waals surface area contributed by atoms with Gasteiger partial charge < -0.3 is 18.9 Å². The highest BCUT2D eigenvalue weighted by Gasteiger charge is 2.61. The molecule has 2 aliphatic heterocycles. The molecule has 0 spiro atoms. The van der Waals surface area contributed by atoms with Crippen molar-refractivity contribution in [2.45, 2.75) is 134 Å². The molecule has 2 saturated carbocycles. The van der Waals surface area contributed by atoms with Gasteiger partial charge in [-0.25, -0.2) is 18.4 Å². The maximum atomic E-state index is 14.4. The highest BCUT2D eigenvalue weighted by Crippen LogP contribution is 2.57. The van der Waals surface area contributed by atoms with Crippen LogP contribution in [0.4, 0.5) is 0 Å². The zero-order valence-electron chi connectivity index (χ0n) is 30.2. The van der Waals surface area contributed by atoms with Crippen molar-refractivity contribution >= 4 is 44.8 Å². The molecule has 5 atom stereocenters. The maximum absolute atomic E-state index is 14.4. The molecule has 6 rings (SSSR count). The molecule has 2 amide bonds. The second-order valence-corrected chi connectivity index (χ2v) is 17.9. The zero-order chi connectivity index (χ0) is 36.7. The number of imidazole rings is 1. The summed E-state index contributed by atoms with van der Waals surface area (Å²) in [4.78, 5) is 70.3. The molecule has 0 unspecified atom stereocenters. The fraction of sp³-hybridized carbons (Fsp3) is 0.694. The molecule has 1 N–H and O–H groups in total. The van der Waals surface area contributed by atoms with Crippen LogP contribution in [-0.4, -0.2) is 85.9 Å². The predicted octanol–water partition coefficient (Wildman–Crippen LogP) is 4.20. The number of allylic oxidation sites excluding steroid dienone is 2. The van der Waals surface area contributed by atoms with Crippen LogP contribution in [0.3, 0.4) is 0 Å². The third-order valence-electron chi connectivity index (χ3n) is 10.3. The summed E-state index contributed by atoms with van der Waals surface area (Å²) in [5.74, 6) is -2.90. The Morgan fingerprint density at radius 3 is 2.57 bits per heavy atom. The van der Waals surface area contributed by atoms with Crippen LogP contribution in [0, 0.1) is 17.3 Å². The molecule has 1 saturated heterocycles. The van der Waals surface area contributed by atoms with Gasteiger partial charge >= 0.3 is 12.0 Å². The molecule has 0 bridgehead atoms. The highest BCUT2D eigenvalue weighted by molar-refractivity contribution is 7.90. The molecule has 2 aromatic rings. The van der Waals surface area contributed by atoms with Crippen LogP contribution < -0.4 is 9.46 Å². The van der Waals surface area contributed by atoms with Crippen LogP contribution in [0.5, 0.6) is 6.01 Å². The number of amides is 2. The summed E-state index contributed by atoms with van der Waals surface area (Å²) >= 11 is 0. The first-order valence-corrected chi connectivity index (χ1v) is 19.7. The second-order valence-electron chi connectivity index (χ2n) is 15.9. The molecule has 2 aromatic heterocycles. The van der Waals surface area contributed by atoms with E-state index < -0.39 is 56.2 Å². The summed E-state index contributed by atoms with van der Waals surface area (Å²) < 4.78 is 41.6. The largest absolute Gasteiger partial charge is 0.460 e. The molecular weight excluding hydrogens is 676 g/mol. The number of carbonyl (C=O) groups is 4. The first-order chi connectivity index (χ1) is 24.1. The Labute approximate surface area is 299 Å². The van der Waals surface area contributed by atoms with Crippen LogP contribution in [0.2, 0.25) is 0 Å². The molecule has 51 heavy (non-hydrogen) atoms. The van der Waals surface area contributed by atoms with Crippen molar-refractivity contribution < 1.29 is 37.1 Å². The molecule has 0 radical (unpaired) electrons. The van der Waals surface area contributed by atoms with Crippen LogP contribution in [0.15, 0.2) is 24.7 Å². The van der Waals surface area contributed by atoms with Crippen molar-refractivity contribution in [3.05, 3.63) is 24.7 Å². The van der Waals surface area contributed by atoms with Crippen LogP contribution >= 0.6 is 0 Å². The van der Waals surface area contributed by atoms with Crippen molar-refractivity contribution in [1.29, 1.82) is 0 Å². The summed E-state index contributed by atoms with van der Waals surface area (Å²) in [6.45, 7) is 9.37. The van der Waals surface area contributed by atoms with E-state index in [0.717, 1.165) is 19.3 Å². The quantitative estimate of drug-likeness (QED) is 0.304. The van der Waals surface area contributed by atoms with Gasteiger partial charge in [0.05, 0.1) is 42.2 Å². The fourth-order valence-corrected chi connectivity index (χ4v) is 8.68. The van der Waals surface area contributed by atoms with Crippen molar-refractivity contribution in [1.82, 2.24) is 29.1 Å². The van der Waals surface area contributed by atoms with E-state index in [-0.39, 0.29) is 55.5 Å². The lowest BCUT2D eigenvalue weighted by Gasteiger charge is -2.29. The van der Waals surface area contributed by atoms with E-state index in [0.29, 0.717) is 43.3 Å². The minimum absolute atomic E-state index is 0.0451. The van der Waals surface area contributed by atoms with Gasteiger partial charge in [-0.1, -0.05) is 25.0 Å². The first-order valence-electron chi connectivity index (χ1n) is 18.2. The third kappa shape index (κ3) is 8.44. The lowest BCUT2D eigenvalue weighted by Crippen LogP contribution is -2.46. The van der Waals surface area contributed by atoms with E-state index in [1.165, 1.54) is 4.90 Å². The number of esters is 1.